The lowest BCUT2D eigenvalue weighted by Gasteiger charge is -2.20. The van der Waals surface area contributed by atoms with E-state index in [1.807, 2.05) is 0 Å². The Morgan fingerprint density at radius 1 is 1.38 bits per heavy atom. The van der Waals surface area contributed by atoms with Crippen LogP contribution in [0.1, 0.15) is 37.5 Å². The van der Waals surface area contributed by atoms with Crippen LogP contribution in [0.25, 0.3) is 0 Å². The van der Waals surface area contributed by atoms with Crippen LogP contribution < -0.4 is 5.32 Å². The maximum Gasteiger partial charge on any atom is 0.412 e. The van der Waals surface area contributed by atoms with E-state index in [0.717, 1.165) is 0 Å². The molecule has 0 unspecified atom stereocenters. The van der Waals surface area contributed by atoms with Crippen molar-refractivity contribution in [2.75, 3.05) is 5.32 Å². The van der Waals surface area contributed by atoms with Gasteiger partial charge in [0.25, 0.3) is 0 Å². The van der Waals surface area contributed by atoms with Crippen LogP contribution in [0.2, 0.25) is 0 Å². The summed E-state index contributed by atoms with van der Waals surface area (Å²) in [6.45, 7) is 7.00. The number of ether oxygens (including phenoxy) is 1. The highest BCUT2D eigenvalue weighted by atomic mass is 16.6. The van der Waals surface area contributed by atoms with Gasteiger partial charge < -0.3 is 9.84 Å². The van der Waals surface area contributed by atoms with E-state index < -0.39 is 17.7 Å². The minimum Gasteiger partial charge on any atom is -0.481 e. The molecule has 0 fully saturated rings. The summed E-state index contributed by atoms with van der Waals surface area (Å²) in [5.74, 6) is 1.48. The Bertz CT molecular complexity index is 606. The van der Waals surface area contributed by atoms with Crippen molar-refractivity contribution in [2.24, 2.45) is 0 Å². The summed E-state index contributed by atoms with van der Waals surface area (Å²) in [5, 5.41) is 11.5. The van der Waals surface area contributed by atoms with Gasteiger partial charge in [-0.2, -0.15) is 0 Å². The lowest BCUT2D eigenvalue weighted by atomic mass is 10.0. The third kappa shape index (κ3) is 5.19. The second-order valence-corrected chi connectivity index (χ2v) is 5.65. The molecular formula is C16H19NO4. The van der Waals surface area contributed by atoms with Gasteiger partial charge in [-0.1, -0.05) is 5.92 Å². The average Bonchev–Trinajstić information content (AvgIpc) is 2.30. The molecule has 1 aromatic carbocycles. The van der Waals surface area contributed by atoms with Crippen molar-refractivity contribution in [3.05, 3.63) is 28.8 Å². The van der Waals surface area contributed by atoms with Crippen molar-refractivity contribution in [2.45, 2.75) is 39.7 Å². The molecule has 0 heterocycles. The fraction of sp³-hybridized carbons (Fsp3) is 0.375. The molecule has 2 N–H and O–H groups in total. The first-order chi connectivity index (χ1) is 9.62. The topological polar surface area (TPSA) is 75.6 Å². The highest BCUT2D eigenvalue weighted by Gasteiger charge is 2.18. The Hall–Kier alpha value is -2.48. The van der Waals surface area contributed by atoms with Crippen LogP contribution in [0, 0.1) is 19.3 Å². The van der Waals surface area contributed by atoms with E-state index in [1.54, 1.807) is 39.8 Å². The van der Waals surface area contributed by atoms with Crippen molar-refractivity contribution in [1.29, 1.82) is 0 Å². The predicted octanol–water partition coefficient (Wildman–Crippen LogP) is 2.95. The summed E-state index contributed by atoms with van der Waals surface area (Å²) in [4.78, 5) is 22.7. The maximum atomic E-state index is 11.8. The monoisotopic (exact) mass is 289 g/mol. The molecule has 1 amide bonds. The minimum absolute atomic E-state index is 0.162. The van der Waals surface area contributed by atoms with E-state index in [1.165, 1.54) is 0 Å². The summed E-state index contributed by atoms with van der Waals surface area (Å²) in [5.41, 5.74) is 1.55. The van der Waals surface area contributed by atoms with Gasteiger partial charge >= 0.3 is 12.1 Å². The first kappa shape index (κ1) is 16.6. The van der Waals surface area contributed by atoms with E-state index in [-0.39, 0.29) is 6.42 Å². The van der Waals surface area contributed by atoms with Crippen molar-refractivity contribution in [3.8, 4) is 12.3 Å². The van der Waals surface area contributed by atoms with Crippen LogP contribution >= 0.6 is 0 Å². The number of hydrogen-bond acceptors (Lipinski definition) is 3. The zero-order valence-electron chi connectivity index (χ0n) is 12.6. The molecule has 5 heteroatoms. The van der Waals surface area contributed by atoms with Gasteiger partial charge in [-0.05, 0) is 51.0 Å². The molecule has 0 radical (unpaired) electrons. The van der Waals surface area contributed by atoms with Crippen molar-refractivity contribution < 1.29 is 19.4 Å². The molecule has 0 saturated carbocycles. The standard InChI is InChI=1S/C16H19NO4/c1-6-11-7-12(9-14(18)19)10(2)13(8-11)17-15(20)21-16(3,4)5/h1,7-8H,9H2,2-5H3,(H,17,20)(H,18,19). The fourth-order valence-electron chi connectivity index (χ4n) is 1.75. The van der Waals surface area contributed by atoms with Crippen LogP contribution in [-0.4, -0.2) is 22.8 Å². The molecule has 0 saturated heterocycles. The first-order valence-corrected chi connectivity index (χ1v) is 6.44. The summed E-state index contributed by atoms with van der Waals surface area (Å²) < 4.78 is 5.17. The molecule has 1 rings (SSSR count). The van der Waals surface area contributed by atoms with E-state index in [0.29, 0.717) is 22.4 Å². The number of aliphatic carboxylic acids is 1. The molecule has 0 aliphatic rings. The van der Waals surface area contributed by atoms with Crippen LogP contribution in [-0.2, 0) is 16.0 Å². The molecule has 21 heavy (non-hydrogen) atoms. The SMILES string of the molecule is C#Cc1cc(CC(=O)O)c(C)c(NC(=O)OC(C)(C)C)c1. The number of carboxylic acids is 1. The molecule has 0 aliphatic carbocycles. The Kier molecular flexibility index (Phi) is 4.98. The van der Waals surface area contributed by atoms with Gasteiger partial charge in [0.2, 0.25) is 0 Å². The van der Waals surface area contributed by atoms with E-state index in [4.69, 9.17) is 16.3 Å². The first-order valence-electron chi connectivity index (χ1n) is 6.44. The molecule has 0 aromatic heterocycles. The number of nitrogens with one attached hydrogen (secondary N) is 1. The molecule has 112 valence electrons. The van der Waals surface area contributed by atoms with Crippen LogP contribution in [0.5, 0.6) is 0 Å². The molecular weight excluding hydrogens is 270 g/mol. The lowest BCUT2D eigenvalue weighted by molar-refractivity contribution is -0.136. The number of hydrogen-bond donors (Lipinski definition) is 2. The minimum atomic E-state index is -0.963. The third-order valence-corrected chi connectivity index (χ3v) is 2.66. The highest BCUT2D eigenvalue weighted by Crippen LogP contribution is 2.23. The van der Waals surface area contributed by atoms with Gasteiger partial charge in [-0.25, -0.2) is 4.79 Å². The van der Waals surface area contributed by atoms with Gasteiger partial charge in [-0.3, -0.25) is 10.1 Å². The lowest BCUT2D eigenvalue weighted by Crippen LogP contribution is -2.27. The Morgan fingerprint density at radius 2 is 2.00 bits per heavy atom. The number of carbonyl (C=O) groups excluding carboxylic acids is 1. The van der Waals surface area contributed by atoms with E-state index in [2.05, 4.69) is 11.2 Å². The quantitative estimate of drug-likeness (QED) is 0.839. The Labute approximate surface area is 124 Å². The van der Waals surface area contributed by atoms with Crippen LogP contribution in [0.15, 0.2) is 12.1 Å². The van der Waals surface area contributed by atoms with Gasteiger partial charge in [-0.15, -0.1) is 6.42 Å². The second kappa shape index (κ2) is 6.31. The highest BCUT2D eigenvalue weighted by molar-refractivity contribution is 5.87. The average molecular weight is 289 g/mol. The number of carboxylic acid groups (broad SMARTS) is 1. The van der Waals surface area contributed by atoms with Gasteiger partial charge in [0.1, 0.15) is 5.60 Å². The van der Waals surface area contributed by atoms with Crippen molar-refractivity contribution in [1.82, 2.24) is 0 Å². The van der Waals surface area contributed by atoms with Crippen LogP contribution in [0.3, 0.4) is 0 Å². The number of amides is 1. The molecule has 0 atom stereocenters. The molecule has 0 aliphatic heterocycles. The zero-order chi connectivity index (χ0) is 16.2. The second-order valence-electron chi connectivity index (χ2n) is 5.65. The third-order valence-electron chi connectivity index (χ3n) is 2.66. The van der Waals surface area contributed by atoms with E-state index >= 15 is 0 Å². The number of terminal acetylenes is 1. The maximum absolute atomic E-state index is 11.8. The normalized spacial score (nSPS) is 10.6. The Balaban J connectivity index is 3.09. The molecule has 5 nitrogen and oxygen atoms in total. The predicted molar refractivity (Wildman–Crippen MR) is 80.3 cm³/mol. The summed E-state index contributed by atoms with van der Waals surface area (Å²) in [6, 6.07) is 3.24. The molecule has 1 aromatic rings. The number of anilines is 1. The summed E-state index contributed by atoms with van der Waals surface area (Å²) in [6.07, 6.45) is 4.59. The van der Waals surface area contributed by atoms with Gasteiger partial charge in [0, 0.05) is 11.3 Å². The molecule has 0 bridgehead atoms. The molecule has 0 spiro atoms. The van der Waals surface area contributed by atoms with Crippen LogP contribution in [0.4, 0.5) is 10.5 Å². The fourth-order valence-corrected chi connectivity index (χ4v) is 1.75. The summed E-state index contributed by atoms with van der Waals surface area (Å²) in [7, 11) is 0. The number of carbonyl (C=O) groups is 2. The number of rotatable bonds is 3. The van der Waals surface area contributed by atoms with Crippen molar-refractivity contribution >= 4 is 17.7 Å². The number of benzene rings is 1. The van der Waals surface area contributed by atoms with Gasteiger partial charge in [0.15, 0.2) is 0 Å². The smallest absolute Gasteiger partial charge is 0.412 e. The van der Waals surface area contributed by atoms with Crippen molar-refractivity contribution in [3.63, 3.8) is 0 Å². The van der Waals surface area contributed by atoms with Gasteiger partial charge in [0.05, 0.1) is 6.42 Å². The Morgan fingerprint density at radius 3 is 2.48 bits per heavy atom. The summed E-state index contributed by atoms with van der Waals surface area (Å²) >= 11 is 0. The largest absolute Gasteiger partial charge is 0.481 e. The zero-order valence-corrected chi connectivity index (χ0v) is 12.6. The van der Waals surface area contributed by atoms with E-state index in [9.17, 15) is 9.59 Å².